The van der Waals surface area contributed by atoms with Crippen molar-refractivity contribution in [1.82, 2.24) is 0 Å². The first-order valence-corrected chi connectivity index (χ1v) is 18.0. The molecular formula is C51H34. The summed E-state index contributed by atoms with van der Waals surface area (Å²) < 4.78 is 0. The summed E-state index contributed by atoms with van der Waals surface area (Å²) in [5.74, 6) is 0. The van der Waals surface area contributed by atoms with Crippen molar-refractivity contribution in [3.8, 4) is 33.4 Å². The molecule has 0 heteroatoms. The van der Waals surface area contributed by atoms with Crippen molar-refractivity contribution in [2.24, 2.45) is 0 Å². The van der Waals surface area contributed by atoms with Crippen LogP contribution in [0.25, 0.3) is 98.0 Å². The van der Waals surface area contributed by atoms with E-state index in [1.807, 2.05) is 0 Å². The Bertz CT molecular complexity index is 3050. The first kappa shape index (κ1) is 28.6. The van der Waals surface area contributed by atoms with Gasteiger partial charge < -0.3 is 0 Å². The predicted molar refractivity (Wildman–Crippen MR) is 220 cm³/mol. The first-order valence-electron chi connectivity index (χ1n) is 18.0. The Labute approximate surface area is 297 Å². The Balaban J connectivity index is 1.22. The number of rotatable bonds is 2. The van der Waals surface area contributed by atoms with Crippen molar-refractivity contribution in [3.05, 3.63) is 181 Å². The summed E-state index contributed by atoms with van der Waals surface area (Å²) in [5.41, 5.74) is 10.6. The quantitative estimate of drug-likeness (QED) is 0.129. The highest BCUT2D eigenvalue weighted by molar-refractivity contribution is 6.24. The molecule has 11 rings (SSSR count). The van der Waals surface area contributed by atoms with Gasteiger partial charge in [0.1, 0.15) is 0 Å². The molecule has 0 spiro atoms. The average molecular weight is 647 g/mol. The maximum absolute atomic E-state index is 2.49. The molecule has 0 amide bonds. The molecule has 0 nitrogen and oxygen atoms in total. The second-order valence-corrected chi connectivity index (χ2v) is 14.8. The molecule has 51 heavy (non-hydrogen) atoms. The van der Waals surface area contributed by atoms with Crippen LogP contribution in [0.5, 0.6) is 0 Å². The second kappa shape index (κ2) is 10.4. The molecule has 1 aliphatic rings. The van der Waals surface area contributed by atoms with Gasteiger partial charge in [0.15, 0.2) is 0 Å². The Kier molecular flexibility index (Phi) is 5.82. The number of benzene rings is 10. The molecule has 0 saturated heterocycles. The lowest BCUT2D eigenvalue weighted by Crippen LogP contribution is -2.16. The highest BCUT2D eigenvalue weighted by atomic mass is 14.4. The molecule has 0 radical (unpaired) electrons. The van der Waals surface area contributed by atoms with Crippen molar-refractivity contribution < 1.29 is 0 Å². The Hall–Kier alpha value is -6.24. The molecule has 238 valence electrons. The van der Waals surface area contributed by atoms with E-state index in [9.17, 15) is 0 Å². The van der Waals surface area contributed by atoms with Crippen LogP contribution < -0.4 is 0 Å². The monoisotopic (exact) mass is 646 g/mol. The van der Waals surface area contributed by atoms with Crippen LogP contribution in [0.2, 0.25) is 0 Å². The fourth-order valence-corrected chi connectivity index (χ4v) is 9.65. The third-order valence-corrected chi connectivity index (χ3v) is 11.7. The molecule has 0 aliphatic heterocycles. The van der Waals surface area contributed by atoms with Gasteiger partial charge in [-0.3, -0.25) is 0 Å². The van der Waals surface area contributed by atoms with E-state index in [4.69, 9.17) is 0 Å². The van der Waals surface area contributed by atoms with Gasteiger partial charge in [-0.25, -0.2) is 0 Å². The maximum Gasteiger partial charge on any atom is 0.0171 e. The molecule has 0 unspecified atom stereocenters. The zero-order chi connectivity index (χ0) is 33.8. The summed E-state index contributed by atoms with van der Waals surface area (Å²) in [6.07, 6.45) is 0. The predicted octanol–water partition coefficient (Wildman–Crippen LogP) is 14.2. The fourth-order valence-electron chi connectivity index (χ4n) is 9.65. The zero-order valence-electron chi connectivity index (χ0n) is 28.7. The van der Waals surface area contributed by atoms with Crippen molar-refractivity contribution in [2.75, 3.05) is 0 Å². The van der Waals surface area contributed by atoms with Gasteiger partial charge >= 0.3 is 0 Å². The smallest absolute Gasteiger partial charge is 0.0171 e. The summed E-state index contributed by atoms with van der Waals surface area (Å²) >= 11 is 0. The summed E-state index contributed by atoms with van der Waals surface area (Å²) in [4.78, 5) is 0. The largest absolute Gasteiger partial charge is 0.0616 e. The molecule has 1 aliphatic carbocycles. The van der Waals surface area contributed by atoms with Gasteiger partial charge in [0.2, 0.25) is 0 Å². The van der Waals surface area contributed by atoms with Gasteiger partial charge in [0.05, 0.1) is 0 Å². The SMILES string of the molecule is CC1(C)c2c(ccc3ccccc23)-c2c1c1ccc(-c3c4ccccc4c(-c4ccc5ccccc5c4)c4ccccc34)cc1c1ccccc21. The fraction of sp³-hybridized carbons (Fsp3) is 0.0588. The number of hydrogen-bond donors (Lipinski definition) is 0. The third kappa shape index (κ3) is 3.91. The topological polar surface area (TPSA) is 0 Å². The lowest BCUT2D eigenvalue weighted by Gasteiger charge is -2.25. The van der Waals surface area contributed by atoms with E-state index in [0.717, 1.165) is 0 Å². The van der Waals surface area contributed by atoms with Gasteiger partial charge in [-0.05, 0) is 121 Å². The van der Waals surface area contributed by atoms with Crippen LogP contribution in [-0.2, 0) is 5.41 Å². The van der Waals surface area contributed by atoms with Crippen LogP contribution in [-0.4, -0.2) is 0 Å². The average Bonchev–Trinajstić information content (AvgIpc) is 3.43. The van der Waals surface area contributed by atoms with E-state index >= 15 is 0 Å². The lowest BCUT2D eigenvalue weighted by molar-refractivity contribution is 0.672. The molecule has 0 bridgehead atoms. The van der Waals surface area contributed by atoms with E-state index < -0.39 is 0 Å². The minimum Gasteiger partial charge on any atom is -0.0616 e. The molecule has 0 fully saturated rings. The standard InChI is InChI=1S/C51H34/c1-51(2)49-36-16-6-5-14-32(36)25-28-44(49)48-38-18-8-7-17-37(38)45-30-35(26-27-43(45)50(48)51)47-41-21-11-9-19-39(41)46(40-20-10-12-22-42(40)47)34-24-23-31-13-3-4-15-33(31)29-34/h3-30H,1-2H3. The van der Waals surface area contributed by atoms with Crippen molar-refractivity contribution in [2.45, 2.75) is 19.3 Å². The lowest BCUT2D eigenvalue weighted by atomic mass is 9.77. The van der Waals surface area contributed by atoms with Gasteiger partial charge in [-0.2, -0.15) is 0 Å². The van der Waals surface area contributed by atoms with Crippen LogP contribution in [0, 0.1) is 0 Å². The molecule has 0 N–H and O–H groups in total. The minimum absolute atomic E-state index is 0.157. The van der Waals surface area contributed by atoms with E-state index in [1.54, 1.807) is 0 Å². The number of fused-ring (bicyclic) bond motifs is 13. The number of hydrogen-bond acceptors (Lipinski definition) is 0. The highest BCUT2D eigenvalue weighted by Gasteiger charge is 2.39. The molecule has 10 aromatic carbocycles. The molecule has 0 atom stereocenters. The van der Waals surface area contributed by atoms with Crippen molar-refractivity contribution in [3.63, 3.8) is 0 Å². The summed E-state index contributed by atoms with van der Waals surface area (Å²) in [5, 5.41) is 15.6. The highest BCUT2D eigenvalue weighted by Crippen LogP contribution is 2.57. The van der Waals surface area contributed by atoms with Crippen LogP contribution in [0.1, 0.15) is 25.0 Å². The molecule has 0 aromatic heterocycles. The Morgan fingerprint density at radius 3 is 1.41 bits per heavy atom. The molecule has 0 heterocycles. The minimum atomic E-state index is -0.157. The molecule has 10 aromatic rings. The van der Waals surface area contributed by atoms with E-state index in [0.29, 0.717) is 0 Å². The maximum atomic E-state index is 2.49. The first-order chi connectivity index (χ1) is 25.1. The van der Waals surface area contributed by atoms with Crippen LogP contribution in [0.3, 0.4) is 0 Å². The van der Waals surface area contributed by atoms with Crippen molar-refractivity contribution >= 4 is 64.6 Å². The third-order valence-electron chi connectivity index (χ3n) is 11.7. The second-order valence-electron chi connectivity index (χ2n) is 14.8. The summed E-state index contributed by atoms with van der Waals surface area (Å²) in [6, 6.07) is 63.5. The van der Waals surface area contributed by atoms with Gasteiger partial charge in [0.25, 0.3) is 0 Å². The molecular weight excluding hydrogens is 613 g/mol. The summed E-state index contributed by atoms with van der Waals surface area (Å²) in [7, 11) is 0. The van der Waals surface area contributed by atoms with Crippen LogP contribution in [0.15, 0.2) is 170 Å². The Morgan fingerprint density at radius 1 is 0.294 bits per heavy atom. The summed E-state index contributed by atoms with van der Waals surface area (Å²) in [6.45, 7) is 4.86. The van der Waals surface area contributed by atoms with Crippen molar-refractivity contribution in [1.29, 1.82) is 0 Å². The van der Waals surface area contributed by atoms with Crippen LogP contribution >= 0.6 is 0 Å². The van der Waals surface area contributed by atoms with E-state index in [-0.39, 0.29) is 5.41 Å². The molecule has 0 saturated carbocycles. The van der Waals surface area contributed by atoms with E-state index in [2.05, 4.69) is 184 Å². The Morgan fingerprint density at radius 2 is 0.765 bits per heavy atom. The van der Waals surface area contributed by atoms with E-state index in [1.165, 1.54) is 109 Å². The van der Waals surface area contributed by atoms with Crippen LogP contribution in [0.4, 0.5) is 0 Å². The zero-order valence-corrected chi connectivity index (χ0v) is 28.7. The van der Waals surface area contributed by atoms with Gasteiger partial charge in [-0.15, -0.1) is 0 Å². The van der Waals surface area contributed by atoms with Gasteiger partial charge in [-0.1, -0.05) is 172 Å². The van der Waals surface area contributed by atoms with Gasteiger partial charge in [0, 0.05) is 5.41 Å². The normalized spacial score (nSPS) is 13.5.